The smallest absolute Gasteiger partial charge is 0.225 e. The molecule has 1 saturated heterocycles. The molecule has 1 unspecified atom stereocenters. The van der Waals surface area contributed by atoms with E-state index in [-0.39, 0.29) is 6.10 Å². The molecule has 3 aliphatic rings. The first-order valence-corrected chi connectivity index (χ1v) is 12.6. The Morgan fingerprint density at radius 2 is 1.90 bits per heavy atom. The van der Waals surface area contributed by atoms with Crippen molar-refractivity contribution in [3.63, 3.8) is 0 Å². The normalized spacial score (nSPS) is 22.2. The molecule has 1 fully saturated rings. The summed E-state index contributed by atoms with van der Waals surface area (Å²) >= 11 is 1.82. The molecule has 31 heavy (non-hydrogen) atoms. The van der Waals surface area contributed by atoms with Gasteiger partial charge >= 0.3 is 0 Å². The third-order valence-electron chi connectivity index (χ3n) is 6.86. The molecule has 0 saturated carbocycles. The summed E-state index contributed by atoms with van der Waals surface area (Å²) in [6, 6.07) is 2.27. The van der Waals surface area contributed by atoms with Crippen LogP contribution in [0.25, 0.3) is 5.57 Å². The number of fused-ring (bicyclic) bond motifs is 1. The van der Waals surface area contributed by atoms with Gasteiger partial charge in [0.15, 0.2) is 0 Å². The van der Waals surface area contributed by atoms with Gasteiger partial charge in [0.05, 0.1) is 11.9 Å². The fourth-order valence-corrected chi connectivity index (χ4v) is 5.32. The average Bonchev–Trinajstić information content (AvgIpc) is 3.28. The largest absolute Gasteiger partial charge is 0.488 e. The van der Waals surface area contributed by atoms with Crippen molar-refractivity contribution in [1.29, 1.82) is 0 Å². The molecule has 7 heteroatoms. The first-order valence-electron chi connectivity index (χ1n) is 11.4. The molecular formula is C24H31N5OS. The Labute approximate surface area is 189 Å². The fourth-order valence-electron chi connectivity index (χ4n) is 4.82. The number of piperidine rings is 1. The highest BCUT2D eigenvalue weighted by Gasteiger charge is 2.34. The number of anilines is 1. The summed E-state index contributed by atoms with van der Waals surface area (Å²) in [4.78, 5) is 16.2. The van der Waals surface area contributed by atoms with Gasteiger partial charge in [0.2, 0.25) is 5.95 Å². The standard InChI is InChI=1S/C24H31N5OS/c1-3-17-14-26-24(27-15-17)28-8-4-19(5-9-28)22-13-20-12-21(25-16-23(20)30-22)18-6-10-29(31-2)11-7-18/h6,12,14-16,19,22H,3-5,7-11,13H2,1-2H3. The van der Waals surface area contributed by atoms with Crippen LogP contribution in [-0.4, -0.2) is 57.8 Å². The number of aromatic nitrogens is 3. The van der Waals surface area contributed by atoms with E-state index in [9.17, 15) is 0 Å². The van der Waals surface area contributed by atoms with E-state index < -0.39 is 0 Å². The highest BCUT2D eigenvalue weighted by molar-refractivity contribution is 7.96. The van der Waals surface area contributed by atoms with Crippen molar-refractivity contribution in [3.8, 4) is 5.75 Å². The van der Waals surface area contributed by atoms with E-state index in [4.69, 9.17) is 9.72 Å². The number of hydrogen-bond donors (Lipinski definition) is 0. The van der Waals surface area contributed by atoms with Gasteiger partial charge in [-0.05, 0) is 55.1 Å². The lowest BCUT2D eigenvalue weighted by molar-refractivity contribution is 0.138. The summed E-state index contributed by atoms with van der Waals surface area (Å²) in [5.41, 5.74) is 5.02. The molecule has 0 bridgehead atoms. The third-order valence-corrected chi connectivity index (χ3v) is 7.70. The highest BCUT2D eigenvalue weighted by Crippen LogP contribution is 2.37. The van der Waals surface area contributed by atoms with Crippen molar-refractivity contribution in [1.82, 2.24) is 19.3 Å². The molecule has 6 nitrogen and oxygen atoms in total. The Morgan fingerprint density at radius 3 is 2.58 bits per heavy atom. The van der Waals surface area contributed by atoms with Gasteiger partial charge in [-0.2, -0.15) is 0 Å². The van der Waals surface area contributed by atoms with Gasteiger partial charge in [-0.25, -0.2) is 14.3 Å². The minimum Gasteiger partial charge on any atom is -0.488 e. The van der Waals surface area contributed by atoms with Crippen LogP contribution in [-0.2, 0) is 12.8 Å². The number of pyridine rings is 1. The zero-order chi connectivity index (χ0) is 21.2. The Balaban J connectivity index is 1.19. The molecule has 0 N–H and O–H groups in total. The van der Waals surface area contributed by atoms with Gasteiger partial charge in [-0.3, -0.25) is 4.98 Å². The van der Waals surface area contributed by atoms with Crippen LogP contribution in [0.5, 0.6) is 5.75 Å². The lowest BCUT2D eigenvalue weighted by Crippen LogP contribution is -2.40. The summed E-state index contributed by atoms with van der Waals surface area (Å²) in [5, 5.41) is 0. The van der Waals surface area contributed by atoms with Crippen molar-refractivity contribution in [2.75, 3.05) is 37.3 Å². The van der Waals surface area contributed by atoms with Gasteiger partial charge in [-0.1, -0.05) is 24.9 Å². The quantitative estimate of drug-likeness (QED) is 0.655. The molecule has 1 atom stereocenters. The molecule has 164 valence electrons. The molecule has 0 amide bonds. The molecule has 0 spiro atoms. The Hall–Kier alpha value is -2.12. The number of aryl methyl sites for hydroxylation is 1. The molecule has 0 aromatic carbocycles. The van der Waals surface area contributed by atoms with Gasteiger partial charge in [0.1, 0.15) is 11.9 Å². The number of nitrogens with zero attached hydrogens (tertiary/aromatic N) is 5. The van der Waals surface area contributed by atoms with Gasteiger partial charge < -0.3 is 9.64 Å². The summed E-state index contributed by atoms with van der Waals surface area (Å²) in [6.45, 7) is 6.21. The van der Waals surface area contributed by atoms with Crippen LogP contribution in [0.1, 0.15) is 43.0 Å². The van der Waals surface area contributed by atoms with Crippen molar-refractivity contribution in [2.45, 2.75) is 45.1 Å². The molecule has 5 heterocycles. The Bertz CT molecular complexity index is 939. The predicted molar refractivity (Wildman–Crippen MR) is 126 cm³/mol. The maximum absolute atomic E-state index is 6.35. The van der Waals surface area contributed by atoms with E-state index in [2.05, 4.69) is 44.5 Å². The minimum absolute atomic E-state index is 0.268. The second kappa shape index (κ2) is 9.17. The zero-order valence-electron chi connectivity index (χ0n) is 18.5. The maximum atomic E-state index is 6.35. The van der Waals surface area contributed by atoms with Crippen molar-refractivity contribution in [2.24, 2.45) is 5.92 Å². The third kappa shape index (κ3) is 4.44. The van der Waals surface area contributed by atoms with Crippen LogP contribution in [0.2, 0.25) is 0 Å². The first kappa shape index (κ1) is 20.8. The first-order chi connectivity index (χ1) is 15.2. The number of ether oxygens (including phenoxy) is 1. The molecule has 2 aromatic rings. The van der Waals surface area contributed by atoms with Crippen molar-refractivity contribution >= 4 is 23.5 Å². The van der Waals surface area contributed by atoms with Crippen LogP contribution in [0.15, 0.2) is 30.7 Å². The van der Waals surface area contributed by atoms with E-state index in [1.165, 1.54) is 16.7 Å². The zero-order valence-corrected chi connectivity index (χ0v) is 19.3. The van der Waals surface area contributed by atoms with E-state index in [0.717, 1.165) is 75.7 Å². The lowest BCUT2D eigenvalue weighted by atomic mass is 9.89. The van der Waals surface area contributed by atoms with Crippen molar-refractivity contribution in [3.05, 3.63) is 47.6 Å². The van der Waals surface area contributed by atoms with E-state index >= 15 is 0 Å². The van der Waals surface area contributed by atoms with Gasteiger partial charge in [0, 0.05) is 50.6 Å². The minimum atomic E-state index is 0.268. The molecule has 2 aromatic heterocycles. The van der Waals surface area contributed by atoms with Crippen molar-refractivity contribution < 1.29 is 4.74 Å². The SMILES string of the molecule is CCc1cnc(N2CCC(C3Cc4cc(C5=CCN(SC)CC5)ncc4O3)CC2)nc1. The average molecular weight is 438 g/mol. The van der Waals surface area contributed by atoms with Gasteiger partial charge in [-0.15, -0.1) is 0 Å². The van der Waals surface area contributed by atoms with E-state index in [1.807, 2.05) is 30.5 Å². The second-order valence-electron chi connectivity index (χ2n) is 8.66. The topological polar surface area (TPSA) is 54.4 Å². The van der Waals surface area contributed by atoms with Crippen LogP contribution in [0.3, 0.4) is 0 Å². The molecule has 5 rings (SSSR count). The van der Waals surface area contributed by atoms with Crippen LogP contribution >= 0.6 is 11.9 Å². The molecule has 0 radical (unpaired) electrons. The fraction of sp³-hybridized carbons (Fsp3) is 0.542. The monoisotopic (exact) mass is 437 g/mol. The Kier molecular flexibility index (Phi) is 6.14. The maximum Gasteiger partial charge on any atom is 0.225 e. The summed E-state index contributed by atoms with van der Waals surface area (Å²) in [6.07, 6.45) is 15.9. The molecular weight excluding hydrogens is 406 g/mol. The predicted octanol–water partition coefficient (Wildman–Crippen LogP) is 4.02. The van der Waals surface area contributed by atoms with Crippen LogP contribution in [0, 0.1) is 5.92 Å². The van der Waals surface area contributed by atoms with E-state index in [1.54, 1.807) is 0 Å². The highest BCUT2D eigenvalue weighted by atomic mass is 32.2. The second-order valence-corrected chi connectivity index (χ2v) is 9.54. The van der Waals surface area contributed by atoms with Crippen LogP contribution < -0.4 is 9.64 Å². The number of rotatable bonds is 5. The Morgan fingerprint density at radius 1 is 1.10 bits per heavy atom. The molecule has 3 aliphatic heterocycles. The van der Waals surface area contributed by atoms with E-state index in [0.29, 0.717) is 5.92 Å². The summed E-state index contributed by atoms with van der Waals surface area (Å²) < 4.78 is 8.73. The summed E-state index contributed by atoms with van der Waals surface area (Å²) in [5.74, 6) is 2.42. The summed E-state index contributed by atoms with van der Waals surface area (Å²) in [7, 11) is 0. The van der Waals surface area contributed by atoms with Crippen LogP contribution in [0.4, 0.5) is 5.95 Å². The number of hydrogen-bond acceptors (Lipinski definition) is 7. The van der Waals surface area contributed by atoms with Gasteiger partial charge in [0.25, 0.3) is 0 Å². The molecule has 0 aliphatic carbocycles. The lowest BCUT2D eigenvalue weighted by Gasteiger charge is -2.34.